The van der Waals surface area contributed by atoms with Gasteiger partial charge in [-0.2, -0.15) is 4.98 Å². The smallest absolute Gasteiger partial charge is 0.232 e. The van der Waals surface area contributed by atoms with E-state index in [-0.39, 0.29) is 0 Å². The summed E-state index contributed by atoms with van der Waals surface area (Å²) in [5.74, 6) is 1.08. The first-order valence-corrected chi connectivity index (χ1v) is 6.90. The van der Waals surface area contributed by atoms with E-state index < -0.39 is 0 Å². The van der Waals surface area contributed by atoms with E-state index in [1.165, 1.54) is 11.1 Å². The Morgan fingerprint density at radius 1 is 1.21 bits per heavy atom. The number of aromatic nitrogens is 2. The number of hydrogen-bond donors (Lipinski definition) is 1. The maximum atomic E-state index is 5.13. The summed E-state index contributed by atoms with van der Waals surface area (Å²) < 4.78 is 5.87. The topological polar surface area (TPSA) is 47.0 Å². The fraction of sp³-hybridized carbons (Fsp3) is 0.286. The SMILES string of the molecule is CCc1ccc(CNc2ncc(Br)c(OC)n2)cc1. The van der Waals surface area contributed by atoms with Crippen LogP contribution in [0.3, 0.4) is 0 Å². The Labute approximate surface area is 121 Å². The minimum absolute atomic E-state index is 0.527. The summed E-state index contributed by atoms with van der Waals surface area (Å²) >= 11 is 3.32. The van der Waals surface area contributed by atoms with Crippen LogP contribution in [0.2, 0.25) is 0 Å². The standard InChI is InChI=1S/C14H16BrN3O/c1-3-10-4-6-11(7-5-10)8-16-14-17-9-12(15)13(18-14)19-2/h4-7,9H,3,8H2,1-2H3,(H,16,17,18). The van der Waals surface area contributed by atoms with Crippen molar-refractivity contribution in [2.24, 2.45) is 0 Å². The van der Waals surface area contributed by atoms with E-state index in [4.69, 9.17) is 4.74 Å². The molecule has 0 fully saturated rings. The molecule has 0 radical (unpaired) electrons. The van der Waals surface area contributed by atoms with Gasteiger partial charge in [0.25, 0.3) is 0 Å². The van der Waals surface area contributed by atoms with E-state index >= 15 is 0 Å². The van der Waals surface area contributed by atoms with Crippen LogP contribution in [0.4, 0.5) is 5.95 Å². The van der Waals surface area contributed by atoms with Crippen molar-refractivity contribution >= 4 is 21.9 Å². The van der Waals surface area contributed by atoms with Gasteiger partial charge in [-0.1, -0.05) is 31.2 Å². The van der Waals surface area contributed by atoms with Crippen LogP contribution in [0.1, 0.15) is 18.1 Å². The van der Waals surface area contributed by atoms with Crippen molar-refractivity contribution in [1.29, 1.82) is 0 Å². The van der Waals surface area contributed by atoms with Gasteiger partial charge in [0.1, 0.15) is 0 Å². The quantitative estimate of drug-likeness (QED) is 0.916. The zero-order valence-corrected chi connectivity index (χ0v) is 12.6. The monoisotopic (exact) mass is 321 g/mol. The number of methoxy groups -OCH3 is 1. The number of hydrogen-bond acceptors (Lipinski definition) is 4. The molecule has 0 aliphatic heterocycles. The van der Waals surface area contributed by atoms with Gasteiger partial charge < -0.3 is 10.1 Å². The minimum atomic E-state index is 0.527. The lowest BCUT2D eigenvalue weighted by Crippen LogP contribution is -2.04. The van der Waals surface area contributed by atoms with E-state index in [9.17, 15) is 0 Å². The lowest BCUT2D eigenvalue weighted by molar-refractivity contribution is 0.394. The van der Waals surface area contributed by atoms with Crippen molar-refractivity contribution in [1.82, 2.24) is 9.97 Å². The lowest BCUT2D eigenvalue weighted by atomic mass is 10.1. The Bertz CT molecular complexity index is 543. The van der Waals surface area contributed by atoms with Crippen molar-refractivity contribution < 1.29 is 4.74 Å². The molecule has 0 amide bonds. The molecule has 0 aliphatic rings. The second kappa shape index (κ2) is 6.52. The summed E-state index contributed by atoms with van der Waals surface area (Å²) in [6.07, 6.45) is 2.73. The van der Waals surface area contributed by atoms with Gasteiger partial charge in [-0.15, -0.1) is 0 Å². The summed E-state index contributed by atoms with van der Waals surface area (Å²) in [7, 11) is 1.58. The van der Waals surface area contributed by atoms with Gasteiger partial charge in [-0.3, -0.25) is 0 Å². The Hall–Kier alpha value is -1.62. The van der Waals surface area contributed by atoms with Gasteiger partial charge in [0, 0.05) is 6.54 Å². The average Bonchev–Trinajstić information content (AvgIpc) is 2.47. The molecule has 0 aliphatic carbocycles. The van der Waals surface area contributed by atoms with Gasteiger partial charge in [0.2, 0.25) is 11.8 Å². The van der Waals surface area contributed by atoms with Crippen LogP contribution in [0.15, 0.2) is 34.9 Å². The van der Waals surface area contributed by atoms with Gasteiger partial charge in [-0.05, 0) is 33.5 Å². The first-order valence-electron chi connectivity index (χ1n) is 6.11. The molecule has 0 unspecified atom stereocenters. The Morgan fingerprint density at radius 3 is 2.53 bits per heavy atom. The highest BCUT2D eigenvalue weighted by Crippen LogP contribution is 2.21. The number of nitrogens with zero attached hydrogens (tertiary/aromatic N) is 2. The van der Waals surface area contributed by atoms with Crippen molar-refractivity contribution in [2.75, 3.05) is 12.4 Å². The van der Waals surface area contributed by atoms with Gasteiger partial charge in [0.15, 0.2) is 0 Å². The zero-order chi connectivity index (χ0) is 13.7. The largest absolute Gasteiger partial charge is 0.480 e. The summed E-state index contributed by atoms with van der Waals surface area (Å²) in [5, 5.41) is 3.18. The van der Waals surface area contributed by atoms with Gasteiger partial charge >= 0.3 is 0 Å². The van der Waals surface area contributed by atoms with E-state index in [0.717, 1.165) is 10.9 Å². The van der Waals surface area contributed by atoms with Crippen LogP contribution in [0.25, 0.3) is 0 Å². The first kappa shape index (κ1) is 13.8. The summed E-state index contributed by atoms with van der Waals surface area (Å²) in [4.78, 5) is 8.43. The van der Waals surface area contributed by atoms with Crippen molar-refractivity contribution in [3.05, 3.63) is 46.1 Å². The average molecular weight is 322 g/mol. The van der Waals surface area contributed by atoms with Crippen LogP contribution in [0.5, 0.6) is 5.88 Å². The Kier molecular flexibility index (Phi) is 4.74. The molecule has 1 N–H and O–H groups in total. The molecule has 0 bridgehead atoms. The van der Waals surface area contributed by atoms with Crippen LogP contribution in [-0.4, -0.2) is 17.1 Å². The summed E-state index contributed by atoms with van der Waals surface area (Å²) in [6.45, 7) is 2.84. The van der Waals surface area contributed by atoms with E-state index in [1.54, 1.807) is 13.3 Å². The summed E-state index contributed by atoms with van der Waals surface area (Å²) in [6, 6.07) is 8.50. The Morgan fingerprint density at radius 2 is 1.89 bits per heavy atom. The maximum absolute atomic E-state index is 5.13. The third kappa shape index (κ3) is 3.67. The number of benzene rings is 1. The molecule has 2 rings (SSSR count). The van der Waals surface area contributed by atoms with Crippen LogP contribution in [-0.2, 0) is 13.0 Å². The number of rotatable bonds is 5. The highest BCUT2D eigenvalue weighted by Gasteiger charge is 2.04. The number of nitrogens with one attached hydrogen (secondary N) is 1. The van der Waals surface area contributed by atoms with E-state index in [1.807, 2.05) is 0 Å². The molecular weight excluding hydrogens is 306 g/mol. The molecule has 0 spiro atoms. The summed E-state index contributed by atoms with van der Waals surface area (Å²) in [5.41, 5.74) is 2.54. The zero-order valence-electron chi connectivity index (χ0n) is 11.0. The molecule has 1 aromatic heterocycles. The van der Waals surface area contributed by atoms with E-state index in [0.29, 0.717) is 18.4 Å². The lowest BCUT2D eigenvalue weighted by Gasteiger charge is -2.07. The minimum Gasteiger partial charge on any atom is -0.480 e. The third-order valence-corrected chi connectivity index (χ3v) is 3.33. The molecule has 1 aromatic carbocycles. The van der Waals surface area contributed by atoms with Crippen molar-refractivity contribution in [3.63, 3.8) is 0 Å². The van der Waals surface area contributed by atoms with Crippen LogP contribution in [0, 0.1) is 0 Å². The molecule has 100 valence electrons. The number of aryl methyl sites for hydroxylation is 1. The molecule has 1 heterocycles. The number of halogens is 1. The fourth-order valence-corrected chi connectivity index (χ4v) is 2.01. The molecule has 4 nitrogen and oxygen atoms in total. The molecular formula is C14H16BrN3O. The van der Waals surface area contributed by atoms with Crippen molar-refractivity contribution in [3.8, 4) is 5.88 Å². The first-order chi connectivity index (χ1) is 9.22. The fourth-order valence-electron chi connectivity index (χ4n) is 1.65. The number of ether oxygens (including phenoxy) is 1. The van der Waals surface area contributed by atoms with Gasteiger partial charge in [-0.25, -0.2) is 4.98 Å². The molecule has 0 saturated heterocycles. The van der Waals surface area contributed by atoms with Crippen molar-refractivity contribution in [2.45, 2.75) is 19.9 Å². The molecule has 0 atom stereocenters. The highest BCUT2D eigenvalue weighted by molar-refractivity contribution is 9.10. The normalized spacial score (nSPS) is 10.3. The molecule has 5 heteroatoms. The molecule has 19 heavy (non-hydrogen) atoms. The second-order valence-electron chi connectivity index (χ2n) is 4.07. The maximum Gasteiger partial charge on any atom is 0.232 e. The van der Waals surface area contributed by atoms with E-state index in [2.05, 4.69) is 62.4 Å². The predicted octanol–water partition coefficient (Wildman–Crippen LogP) is 3.42. The predicted molar refractivity (Wildman–Crippen MR) is 79.4 cm³/mol. The van der Waals surface area contributed by atoms with Gasteiger partial charge in [0.05, 0.1) is 17.8 Å². The Balaban J connectivity index is 2.01. The van der Waals surface area contributed by atoms with Crippen LogP contribution < -0.4 is 10.1 Å². The highest BCUT2D eigenvalue weighted by atomic mass is 79.9. The molecule has 0 saturated carbocycles. The molecule has 2 aromatic rings. The second-order valence-corrected chi connectivity index (χ2v) is 4.93. The van der Waals surface area contributed by atoms with Crippen LogP contribution >= 0.6 is 15.9 Å². The third-order valence-electron chi connectivity index (χ3n) is 2.79. The number of anilines is 1.